The van der Waals surface area contributed by atoms with E-state index in [4.69, 9.17) is 4.74 Å². The summed E-state index contributed by atoms with van der Waals surface area (Å²) in [6.07, 6.45) is -1.74. The maximum Gasteiger partial charge on any atom is 0.416 e. The molecule has 1 aliphatic rings. The summed E-state index contributed by atoms with van der Waals surface area (Å²) in [5, 5.41) is 9.34. The lowest BCUT2D eigenvalue weighted by Gasteiger charge is -2.26. The first-order chi connectivity index (χ1) is 8.45. The SMILES string of the molecule is OC1CCC(Oc2ccc(C(F)(F)F)cc2)CC1. The Kier molecular flexibility index (Phi) is 3.80. The van der Waals surface area contributed by atoms with E-state index in [0.29, 0.717) is 18.6 Å². The Morgan fingerprint density at radius 1 is 1.00 bits per heavy atom. The van der Waals surface area contributed by atoms with Crippen molar-refractivity contribution in [3.8, 4) is 5.75 Å². The number of hydrogen-bond donors (Lipinski definition) is 1. The van der Waals surface area contributed by atoms with Gasteiger partial charge in [-0.25, -0.2) is 0 Å². The molecule has 5 heteroatoms. The van der Waals surface area contributed by atoms with E-state index < -0.39 is 11.7 Å². The summed E-state index contributed by atoms with van der Waals surface area (Å²) >= 11 is 0. The van der Waals surface area contributed by atoms with E-state index in [2.05, 4.69) is 0 Å². The molecule has 0 amide bonds. The first kappa shape index (κ1) is 13.2. The van der Waals surface area contributed by atoms with Gasteiger partial charge in [-0.2, -0.15) is 13.2 Å². The van der Waals surface area contributed by atoms with Crippen LogP contribution in [-0.2, 0) is 6.18 Å². The van der Waals surface area contributed by atoms with E-state index in [-0.39, 0.29) is 12.2 Å². The van der Waals surface area contributed by atoms with Gasteiger partial charge >= 0.3 is 6.18 Å². The number of ether oxygens (including phenoxy) is 1. The Bertz CT molecular complexity index is 378. The molecule has 0 radical (unpaired) electrons. The largest absolute Gasteiger partial charge is 0.490 e. The van der Waals surface area contributed by atoms with Crippen LogP contribution in [0.15, 0.2) is 24.3 Å². The minimum atomic E-state index is -4.31. The monoisotopic (exact) mass is 260 g/mol. The Balaban J connectivity index is 1.94. The molecule has 0 aromatic heterocycles. The first-order valence-corrected chi connectivity index (χ1v) is 5.97. The Labute approximate surface area is 103 Å². The van der Waals surface area contributed by atoms with E-state index in [0.717, 1.165) is 25.0 Å². The minimum Gasteiger partial charge on any atom is -0.490 e. The highest BCUT2D eigenvalue weighted by atomic mass is 19.4. The molecule has 0 spiro atoms. The molecule has 0 saturated heterocycles. The normalized spacial score (nSPS) is 24.9. The summed E-state index contributed by atoms with van der Waals surface area (Å²) in [4.78, 5) is 0. The van der Waals surface area contributed by atoms with Crippen molar-refractivity contribution in [1.29, 1.82) is 0 Å². The number of alkyl halides is 3. The van der Waals surface area contributed by atoms with E-state index >= 15 is 0 Å². The van der Waals surface area contributed by atoms with Gasteiger partial charge < -0.3 is 9.84 Å². The van der Waals surface area contributed by atoms with Gasteiger partial charge in [-0.1, -0.05) is 0 Å². The molecule has 1 N–H and O–H groups in total. The second-order valence-electron chi connectivity index (χ2n) is 4.57. The molecule has 2 nitrogen and oxygen atoms in total. The maximum absolute atomic E-state index is 12.4. The third-order valence-electron chi connectivity index (χ3n) is 3.13. The van der Waals surface area contributed by atoms with Gasteiger partial charge in [-0.15, -0.1) is 0 Å². The van der Waals surface area contributed by atoms with Crippen LogP contribution in [0.3, 0.4) is 0 Å². The van der Waals surface area contributed by atoms with Gasteiger partial charge in [-0.3, -0.25) is 0 Å². The van der Waals surface area contributed by atoms with Crippen LogP contribution in [0, 0.1) is 0 Å². The van der Waals surface area contributed by atoms with Crippen LogP contribution in [0.4, 0.5) is 13.2 Å². The van der Waals surface area contributed by atoms with Crippen LogP contribution in [0.5, 0.6) is 5.75 Å². The van der Waals surface area contributed by atoms with E-state index in [1.54, 1.807) is 0 Å². The minimum absolute atomic E-state index is 0.00913. The van der Waals surface area contributed by atoms with Crippen molar-refractivity contribution in [1.82, 2.24) is 0 Å². The zero-order chi connectivity index (χ0) is 13.2. The van der Waals surface area contributed by atoms with Crippen LogP contribution >= 0.6 is 0 Å². The fraction of sp³-hybridized carbons (Fsp3) is 0.538. The standard InChI is InChI=1S/C13H15F3O2/c14-13(15,16)9-1-5-11(6-2-9)18-12-7-3-10(17)4-8-12/h1-2,5-6,10,12,17H,3-4,7-8H2. The van der Waals surface area contributed by atoms with Crippen LogP contribution in [0.2, 0.25) is 0 Å². The summed E-state index contributed by atoms with van der Waals surface area (Å²) < 4.78 is 42.7. The molecule has 100 valence electrons. The van der Waals surface area contributed by atoms with Crippen molar-refractivity contribution in [2.45, 2.75) is 44.1 Å². The second-order valence-corrected chi connectivity index (χ2v) is 4.57. The quantitative estimate of drug-likeness (QED) is 0.883. The predicted octanol–water partition coefficient (Wildman–Crippen LogP) is 3.39. The lowest BCUT2D eigenvalue weighted by atomic mass is 9.95. The molecule has 1 saturated carbocycles. The van der Waals surface area contributed by atoms with Crippen molar-refractivity contribution in [2.75, 3.05) is 0 Å². The van der Waals surface area contributed by atoms with Gasteiger partial charge in [0, 0.05) is 0 Å². The Morgan fingerprint density at radius 2 is 1.56 bits per heavy atom. The first-order valence-electron chi connectivity index (χ1n) is 5.97. The maximum atomic E-state index is 12.4. The third-order valence-corrected chi connectivity index (χ3v) is 3.13. The average molecular weight is 260 g/mol. The smallest absolute Gasteiger partial charge is 0.416 e. The molecular formula is C13H15F3O2. The van der Waals surface area contributed by atoms with Crippen LogP contribution in [0.1, 0.15) is 31.2 Å². The molecule has 0 bridgehead atoms. The Hall–Kier alpha value is -1.23. The molecule has 0 aliphatic heterocycles. The molecular weight excluding hydrogens is 245 g/mol. The average Bonchev–Trinajstić information content (AvgIpc) is 2.32. The highest BCUT2D eigenvalue weighted by molar-refractivity contribution is 5.29. The molecule has 2 rings (SSSR count). The topological polar surface area (TPSA) is 29.5 Å². The highest BCUT2D eigenvalue weighted by Crippen LogP contribution is 2.31. The van der Waals surface area contributed by atoms with Crippen molar-refractivity contribution < 1.29 is 23.0 Å². The predicted molar refractivity (Wildman–Crippen MR) is 60.3 cm³/mol. The second kappa shape index (κ2) is 5.18. The van der Waals surface area contributed by atoms with Crippen molar-refractivity contribution in [2.24, 2.45) is 0 Å². The molecule has 1 aromatic rings. The lowest BCUT2D eigenvalue weighted by Crippen LogP contribution is -2.26. The molecule has 1 aliphatic carbocycles. The van der Waals surface area contributed by atoms with Gasteiger partial charge in [-0.05, 0) is 49.9 Å². The Morgan fingerprint density at radius 3 is 2.06 bits per heavy atom. The number of rotatable bonds is 2. The fourth-order valence-electron chi connectivity index (χ4n) is 2.08. The van der Waals surface area contributed by atoms with Crippen LogP contribution < -0.4 is 4.74 Å². The van der Waals surface area contributed by atoms with Gasteiger partial charge in [0.1, 0.15) is 5.75 Å². The number of hydrogen-bond acceptors (Lipinski definition) is 2. The van der Waals surface area contributed by atoms with Crippen molar-refractivity contribution >= 4 is 0 Å². The van der Waals surface area contributed by atoms with E-state index in [1.165, 1.54) is 12.1 Å². The van der Waals surface area contributed by atoms with E-state index in [9.17, 15) is 18.3 Å². The van der Waals surface area contributed by atoms with Crippen LogP contribution in [-0.4, -0.2) is 17.3 Å². The van der Waals surface area contributed by atoms with Gasteiger partial charge in [0.15, 0.2) is 0 Å². The number of halogens is 3. The fourth-order valence-corrected chi connectivity index (χ4v) is 2.08. The third kappa shape index (κ3) is 3.38. The molecule has 1 fully saturated rings. The zero-order valence-electron chi connectivity index (χ0n) is 9.78. The number of aliphatic hydroxyl groups is 1. The molecule has 1 aromatic carbocycles. The zero-order valence-corrected chi connectivity index (χ0v) is 9.78. The molecule has 18 heavy (non-hydrogen) atoms. The summed E-state index contributed by atoms with van der Waals surface area (Å²) in [6, 6.07) is 4.72. The number of benzene rings is 1. The highest BCUT2D eigenvalue weighted by Gasteiger charge is 2.30. The lowest BCUT2D eigenvalue weighted by molar-refractivity contribution is -0.137. The molecule has 0 atom stereocenters. The molecule has 0 unspecified atom stereocenters. The summed E-state index contributed by atoms with van der Waals surface area (Å²) in [7, 11) is 0. The van der Waals surface area contributed by atoms with Gasteiger partial charge in [0.05, 0.1) is 17.8 Å². The molecule has 0 heterocycles. The summed E-state index contributed by atoms with van der Waals surface area (Å²) in [6.45, 7) is 0. The van der Waals surface area contributed by atoms with Crippen molar-refractivity contribution in [3.05, 3.63) is 29.8 Å². The summed E-state index contributed by atoms with van der Waals surface area (Å²) in [5.74, 6) is 0.449. The van der Waals surface area contributed by atoms with E-state index in [1.807, 2.05) is 0 Å². The number of aliphatic hydroxyl groups excluding tert-OH is 1. The summed E-state index contributed by atoms with van der Waals surface area (Å²) in [5.41, 5.74) is -0.672. The van der Waals surface area contributed by atoms with Gasteiger partial charge in [0.2, 0.25) is 0 Å². The van der Waals surface area contributed by atoms with Crippen molar-refractivity contribution in [3.63, 3.8) is 0 Å². The van der Waals surface area contributed by atoms with Gasteiger partial charge in [0.25, 0.3) is 0 Å². The van der Waals surface area contributed by atoms with Crippen LogP contribution in [0.25, 0.3) is 0 Å².